The van der Waals surface area contributed by atoms with Gasteiger partial charge in [0.1, 0.15) is 0 Å². The van der Waals surface area contributed by atoms with Gasteiger partial charge < -0.3 is 5.73 Å². The van der Waals surface area contributed by atoms with Gasteiger partial charge in [-0.2, -0.15) is 4.36 Å². The third kappa shape index (κ3) is 1.48. The van der Waals surface area contributed by atoms with Crippen molar-refractivity contribution in [3.63, 3.8) is 0 Å². The summed E-state index contributed by atoms with van der Waals surface area (Å²) < 4.78 is 3.57. The Hall–Kier alpha value is -1.29. The minimum Gasteiger partial charge on any atom is -0.366 e. The van der Waals surface area contributed by atoms with E-state index in [-0.39, 0.29) is 0 Å². The van der Waals surface area contributed by atoms with Crippen LogP contribution in [0.3, 0.4) is 0 Å². The molecule has 4 heteroatoms. The Morgan fingerprint density at radius 3 is 2.67 bits per heavy atom. The lowest BCUT2D eigenvalue weighted by Crippen LogP contribution is -2.11. The van der Waals surface area contributed by atoms with E-state index >= 15 is 0 Å². The first-order chi connectivity index (χ1) is 5.66. The highest BCUT2D eigenvalue weighted by Gasteiger charge is 2.08. The zero-order chi connectivity index (χ0) is 9.14. The summed E-state index contributed by atoms with van der Waals surface area (Å²) in [5.74, 6) is -0.498. The highest BCUT2D eigenvalue weighted by Crippen LogP contribution is 2.22. The minimum absolute atomic E-state index is 0.380. The highest BCUT2D eigenvalue weighted by molar-refractivity contribution is 7.47. The first-order valence-corrected chi connectivity index (χ1v) is 3.76. The van der Waals surface area contributed by atoms with Gasteiger partial charge in [-0.25, -0.2) is 0 Å². The summed E-state index contributed by atoms with van der Waals surface area (Å²) in [6.45, 7) is 1.83. The lowest BCUT2D eigenvalue weighted by atomic mass is 10.1. The summed E-state index contributed by atoms with van der Waals surface area (Å²) in [6, 6.07) is 5.19. The Kier molecular flexibility index (Phi) is 2.50. The predicted molar refractivity (Wildman–Crippen MR) is 49.1 cm³/mol. The Morgan fingerprint density at radius 2 is 2.25 bits per heavy atom. The van der Waals surface area contributed by atoms with Crippen molar-refractivity contribution in [3.8, 4) is 0 Å². The van der Waals surface area contributed by atoms with Gasteiger partial charge in [0.05, 0.1) is 11.3 Å². The number of nitrogens with two attached hydrogens (primary N) is 1. The van der Waals surface area contributed by atoms with E-state index in [2.05, 4.69) is 16.8 Å². The number of hydrogen-bond acceptors (Lipinski definition) is 3. The molecule has 0 spiro atoms. The molecule has 2 N–H and O–H groups in total. The highest BCUT2D eigenvalue weighted by atomic mass is 32.1. The van der Waals surface area contributed by atoms with E-state index in [1.165, 1.54) is 0 Å². The largest absolute Gasteiger partial charge is 0.366 e. The maximum absolute atomic E-state index is 10.8. The Morgan fingerprint density at radius 1 is 1.58 bits per heavy atom. The first-order valence-electron chi connectivity index (χ1n) is 3.39. The quantitative estimate of drug-likeness (QED) is 0.749. The second-order valence-electron chi connectivity index (χ2n) is 2.43. The van der Waals surface area contributed by atoms with E-state index in [1.807, 2.05) is 13.0 Å². The van der Waals surface area contributed by atoms with Crippen molar-refractivity contribution in [2.75, 3.05) is 0 Å². The molecule has 0 bridgehead atoms. The van der Waals surface area contributed by atoms with Crippen molar-refractivity contribution < 1.29 is 4.79 Å². The molecule has 0 atom stereocenters. The number of hydrogen-bond donors (Lipinski definition) is 1. The molecule has 3 nitrogen and oxygen atoms in total. The molecule has 62 valence electrons. The first kappa shape index (κ1) is 8.80. The van der Waals surface area contributed by atoms with Crippen LogP contribution in [0, 0.1) is 6.92 Å². The van der Waals surface area contributed by atoms with Crippen LogP contribution in [0.25, 0.3) is 0 Å². The van der Waals surface area contributed by atoms with Crippen LogP contribution in [0.15, 0.2) is 22.6 Å². The summed E-state index contributed by atoms with van der Waals surface area (Å²) >= 11 is 4.53. The number of benzene rings is 1. The van der Waals surface area contributed by atoms with Crippen molar-refractivity contribution >= 4 is 24.0 Å². The van der Waals surface area contributed by atoms with Crippen molar-refractivity contribution in [3.05, 3.63) is 29.3 Å². The summed E-state index contributed by atoms with van der Waals surface area (Å²) in [7, 11) is 0. The van der Waals surface area contributed by atoms with Gasteiger partial charge in [-0.15, -0.1) is 0 Å². The van der Waals surface area contributed by atoms with Crippen molar-refractivity contribution in [2.45, 2.75) is 6.92 Å². The summed E-state index contributed by atoms with van der Waals surface area (Å²) in [4.78, 5) is 10.8. The molecule has 0 aliphatic heterocycles. The van der Waals surface area contributed by atoms with Crippen LogP contribution in [0.2, 0.25) is 0 Å². The van der Waals surface area contributed by atoms with E-state index in [0.29, 0.717) is 11.3 Å². The van der Waals surface area contributed by atoms with Gasteiger partial charge >= 0.3 is 0 Å². The molecule has 0 fully saturated rings. The number of carbonyl (C=O) groups is 1. The fourth-order valence-corrected chi connectivity index (χ4v) is 1.22. The van der Waals surface area contributed by atoms with Gasteiger partial charge in [0, 0.05) is 12.4 Å². The fraction of sp³-hybridized carbons (Fsp3) is 0.125. The predicted octanol–water partition coefficient (Wildman–Crippen LogP) is 1.46. The van der Waals surface area contributed by atoms with Crippen molar-refractivity contribution in [1.29, 1.82) is 0 Å². The van der Waals surface area contributed by atoms with Gasteiger partial charge in [0.15, 0.2) is 0 Å². The number of carbonyl (C=O) groups excluding carboxylic acids is 1. The summed E-state index contributed by atoms with van der Waals surface area (Å²) in [6.07, 6.45) is 0. The van der Waals surface area contributed by atoms with E-state index in [9.17, 15) is 4.79 Å². The van der Waals surface area contributed by atoms with Crippen molar-refractivity contribution in [2.24, 2.45) is 10.1 Å². The Balaban J connectivity index is 3.37. The zero-order valence-corrected chi connectivity index (χ0v) is 7.39. The van der Waals surface area contributed by atoms with Crippen LogP contribution in [0.1, 0.15) is 15.9 Å². The van der Waals surface area contributed by atoms with E-state index in [0.717, 1.165) is 5.56 Å². The van der Waals surface area contributed by atoms with Crippen LogP contribution in [-0.4, -0.2) is 5.91 Å². The van der Waals surface area contributed by atoms with Crippen LogP contribution in [0.5, 0.6) is 0 Å². The standard InChI is InChI=1S/C8H8N2OS/c1-5-3-2-4-6(8(9)11)7(5)10-12/h2-4H,1H3,(H2,9,11). The fourth-order valence-electron chi connectivity index (χ4n) is 0.979. The molecule has 0 aromatic heterocycles. The zero-order valence-electron chi connectivity index (χ0n) is 6.57. The molecule has 1 aromatic rings. The SMILES string of the molecule is Cc1cccc(C(N)=O)c1N=S. The van der Waals surface area contributed by atoms with Gasteiger partial charge in [0.2, 0.25) is 0 Å². The Labute approximate surface area is 75.8 Å². The normalized spacial score (nSPS) is 9.42. The monoisotopic (exact) mass is 180 g/mol. The third-order valence-electron chi connectivity index (χ3n) is 1.59. The molecular formula is C8H8N2OS. The summed E-state index contributed by atoms with van der Waals surface area (Å²) in [5.41, 5.74) is 6.86. The van der Waals surface area contributed by atoms with E-state index < -0.39 is 5.91 Å². The molecule has 0 saturated heterocycles. The maximum atomic E-state index is 10.8. The van der Waals surface area contributed by atoms with Crippen LogP contribution >= 0.6 is 0 Å². The van der Waals surface area contributed by atoms with Crippen LogP contribution in [-0.2, 0) is 12.4 Å². The molecule has 1 aromatic carbocycles. The summed E-state index contributed by atoms with van der Waals surface area (Å²) in [5, 5.41) is 0. The van der Waals surface area contributed by atoms with Gasteiger partial charge in [-0.05, 0) is 18.6 Å². The van der Waals surface area contributed by atoms with Crippen LogP contribution in [0.4, 0.5) is 5.69 Å². The second-order valence-corrected chi connectivity index (χ2v) is 2.61. The van der Waals surface area contributed by atoms with E-state index in [4.69, 9.17) is 5.73 Å². The number of rotatable bonds is 2. The average Bonchev–Trinajstić information content (AvgIpc) is 2.03. The lowest BCUT2D eigenvalue weighted by molar-refractivity contribution is 0.100. The van der Waals surface area contributed by atoms with Crippen molar-refractivity contribution in [1.82, 2.24) is 0 Å². The molecular weight excluding hydrogens is 172 g/mol. The van der Waals surface area contributed by atoms with Gasteiger partial charge in [-0.1, -0.05) is 12.1 Å². The number of aryl methyl sites for hydroxylation is 1. The molecule has 0 aliphatic carbocycles. The molecule has 0 radical (unpaired) electrons. The molecule has 0 unspecified atom stereocenters. The molecule has 0 saturated carbocycles. The Bertz CT molecular complexity index is 336. The number of primary amides is 1. The molecule has 0 heterocycles. The topological polar surface area (TPSA) is 55.5 Å². The van der Waals surface area contributed by atoms with Gasteiger partial charge in [0.25, 0.3) is 5.91 Å². The maximum Gasteiger partial charge on any atom is 0.250 e. The molecule has 1 amide bonds. The average molecular weight is 180 g/mol. The number of nitrogens with zero attached hydrogens (tertiary/aromatic N) is 1. The van der Waals surface area contributed by atoms with Crippen LogP contribution < -0.4 is 5.73 Å². The number of amides is 1. The molecule has 1 rings (SSSR count). The molecule has 0 aliphatic rings. The molecule has 12 heavy (non-hydrogen) atoms. The lowest BCUT2D eigenvalue weighted by Gasteiger charge is -2.02. The minimum atomic E-state index is -0.498. The van der Waals surface area contributed by atoms with E-state index in [1.54, 1.807) is 12.1 Å². The third-order valence-corrected chi connectivity index (χ3v) is 1.78. The van der Waals surface area contributed by atoms with Gasteiger partial charge in [-0.3, -0.25) is 4.79 Å². The second kappa shape index (κ2) is 3.40. The smallest absolute Gasteiger partial charge is 0.250 e.